The zero-order chi connectivity index (χ0) is 57.8. The minimum Gasteiger partial charge on any atom is -0.457 e. The van der Waals surface area contributed by atoms with Gasteiger partial charge in [-0.25, -0.2) is 0 Å². The van der Waals surface area contributed by atoms with Crippen LogP contribution in [0.1, 0.15) is 0 Å². The predicted octanol–water partition coefficient (Wildman–Crippen LogP) is 18.4. The van der Waals surface area contributed by atoms with Gasteiger partial charge in [-0.2, -0.15) is 0 Å². The summed E-state index contributed by atoms with van der Waals surface area (Å²) in [6, 6.07) is 94.6. The van der Waals surface area contributed by atoms with E-state index >= 15 is 0 Å². The lowest BCUT2D eigenvalue weighted by molar-refractivity contribution is 0.482. The number of fused-ring (bicyclic) bond motifs is 4. The summed E-state index contributed by atoms with van der Waals surface area (Å²) >= 11 is 0. The molecule has 15 rings (SSSR count). The summed E-state index contributed by atoms with van der Waals surface area (Å²) < 4.78 is 13.4. The molecule has 0 fully saturated rings. The molecular weight excluding hydrogens is 1060 g/mol. The van der Waals surface area contributed by atoms with Gasteiger partial charge in [0.2, 0.25) is 0 Å². The van der Waals surface area contributed by atoms with Crippen molar-refractivity contribution in [2.24, 2.45) is 0 Å². The molecule has 4 aliphatic rings. The summed E-state index contributed by atoms with van der Waals surface area (Å²) in [5.74, 6) is 3.09. The van der Waals surface area contributed by atoms with Gasteiger partial charge in [-0.3, -0.25) is 0 Å². The van der Waals surface area contributed by atoms with Gasteiger partial charge in [0.25, 0.3) is 0 Å². The topological polar surface area (TPSA) is 50.9 Å². The van der Waals surface area contributed by atoms with Gasteiger partial charge in [0.15, 0.2) is 0 Å². The number of rotatable bonds is 14. The Balaban J connectivity index is 0.633. The quantitative estimate of drug-likeness (QED) is 0.104. The summed E-state index contributed by atoms with van der Waals surface area (Å²) in [6.07, 6.45) is 0. The lowest BCUT2D eigenvalue weighted by atomic mass is 10.2. The molecule has 0 spiro atoms. The SMILES string of the molecule is CN(C)c1cccc(N2CN(c3cccc(Oc4cccc(N5CN(c6ccc(N7CN(c8cccc(Oc9cccc(N%10CN(c%11cccc(N(C)C)c%11)c%11ccccc%11%10)c9)c8)c8ccccc87)cc6)c6ccccc65)c4)c3)c3ccccc32)c1. The fourth-order valence-electron chi connectivity index (χ4n) is 12.4. The van der Waals surface area contributed by atoms with Crippen molar-refractivity contribution in [3.63, 3.8) is 0 Å². The smallest absolute Gasteiger partial charge is 0.129 e. The lowest BCUT2D eigenvalue weighted by Gasteiger charge is -2.25. The Morgan fingerprint density at radius 3 is 0.663 bits per heavy atom. The maximum Gasteiger partial charge on any atom is 0.129 e. The Labute approximate surface area is 503 Å². The minimum absolute atomic E-state index is 0.639. The molecule has 422 valence electrons. The highest BCUT2D eigenvalue weighted by Gasteiger charge is 2.33. The molecule has 11 aromatic carbocycles. The molecular formula is C74H64N10O2. The van der Waals surface area contributed by atoms with Crippen molar-refractivity contribution in [2.75, 3.05) is 104 Å². The van der Waals surface area contributed by atoms with Gasteiger partial charge in [0.1, 0.15) is 49.7 Å². The molecule has 11 aromatic rings. The van der Waals surface area contributed by atoms with E-state index in [4.69, 9.17) is 9.47 Å². The first-order valence-corrected chi connectivity index (χ1v) is 29.2. The molecule has 0 aliphatic carbocycles. The van der Waals surface area contributed by atoms with Crippen LogP contribution in [0.5, 0.6) is 23.0 Å². The monoisotopic (exact) mass is 1120 g/mol. The van der Waals surface area contributed by atoms with Crippen LogP contribution in [-0.4, -0.2) is 54.9 Å². The molecule has 12 nitrogen and oxygen atoms in total. The number of nitrogens with zero attached hydrogens (tertiary/aromatic N) is 10. The van der Waals surface area contributed by atoms with Crippen molar-refractivity contribution >= 4 is 102 Å². The molecule has 0 bridgehead atoms. The first-order valence-electron chi connectivity index (χ1n) is 29.2. The van der Waals surface area contributed by atoms with E-state index in [1.54, 1.807) is 0 Å². The molecule has 12 heteroatoms. The molecule has 0 saturated heterocycles. The van der Waals surface area contributed by atoms with Gasteiger partial charge in [-0.05, 0) is 158 Å². The van der Waals surface area contributed by atoms with Crippen LogP contribution < -0.4 is 58.5 Å². The minimum atomic E-state index is 0.639. The van der Waals surface area contributed by atoms with Crippen LogP contribution in [0, 0.1) is 0 Å². The third-order valence-electron chi connectivity index (χ3n) is 16.8. The van der Waals surface area contributed by atoms with Crippen molar-refractivity contribution < 1.29 is 9.47 Å². The standard InChI is InChI=1S/C74H64N10O2/c1-75(2)55-19-13-21-57(43-55)79-51-83(73-37-11-9-35-71(73)79)61-25-17-29-65(47-61)85-63-27-15-23-59(45-63)81-49-77(67-31-5-7-33-69(67)81)53-39-41-54(42-40-53)78-50-82(70-34-8-6-32-68(70)78)60-24-16-28-64(46-60)86-66-30-18-26-62(48-66)84-52-80(72-36-10-12-38-74(72)84)58-22-14-20-56(44-58)76(3)4/h5-48H,49-52H2,1-4H3. The highest BCUT2D eigenvalue weighted by Crippen LogP contribution is 2.50. The van der Waals surface area contributed by atoms with Gasteiger partial charge < -0.3 is 58.5 Å². The second-order valence-electron chi connectivity index (χ2n) is 22.5. The molecule has 0 unspecified atom stereocenters. The number of hydrogen-bond donors (Lipinski definition) is 0. The van der Waals surface area contributed by atoms with E-state index < -0.39 is 0 Å². The van der Waals surface area contributed by atoms with E-state index in [1.807, 2.05) is 24.3 Å². The summed E-state index contributed by atoms with van der Waals surface area (Å²) in [6.45, 7) is 2.64. The average Bonchev–Trinajstić information content (AvgIpc) is 3.74. The average molecular weight is 1130 g/mol. The molecule has 86 heavy (non-hydrogen) atoms. The third-order valence-corrected chi connectivity index (χ3v) is 16.8. The van der Waals surface area contributed by atoms with Crippen LogP contribution in [0.15, 0.2) is 267 Å². The van der Waals surface area contributed by atoms with E-state index in [9.17, 15) is 0 Å². The van der Waals surface area contributed by atoms with E-state index in [2.05, 4.69) is 320 Å². The zero-order valence-electron chi connectivity index (χ0n) is 48.5. The normalized spacial score (nSPS) is 13.9. The third kappa shape index (κ3) is 9.56. The van der Waals surface area contributed by atoms with E-state index in [1.165, 1.54) is 22.7 Å². The molecule has 0 N–H and O–H groups in total. The molecule has 4 aliphatic heterocycles. The van der Waals surface area contributed by atoms with Gasteiger partial charge in [0.05, 0.1) is 45.5 Å². The molecule has 0 saturated carbocycles. The zero-order valence-corrected chi connectivity index (χ0v) is 48.5. The molecule has 0 atom stereocenters. The van der Waals surface area contributed by atoms with E-state index in [0.29, 0.717) is 26.7 Å². The molecule has 0 aromatic heterocycles. The van der Waals surface area contributed by atoms with Crippen LogP contribution in [-0.2, 0) is 0 Å². The van der Waals surface area contributed by atoms with Gasteiger partial charge in [-0.1, -0.05) is 84.9 Å². The molecule has 4 heterocycles. The first kappa shape index (κ1) is 51.9. The fraction of sp³-hybridized carbons (Fsp3) is 0.108. The Bertz CT molecular complexity index is 4050. The van der Waals surface area contributed by atoms with Crippen LogP contribution in [0.4, 0.5) is 102 Å². The van der Waals surface area contributed by atoms with E-state index in [0.717, 1.165) is 103 Å². The maximum absolute atomic E-state index is 6.72. The number of ether oxygens (including phenoxy) is 2. The summed E-state index contributed by atoms with van der Waals surface area (Å²) in [5.41, 5.74) is 20.3. The summed E-state index contributed by atoms with van der Waals surface area (Å²) in [4.78, 5) is 23.3. The Morgan fingerprint density at radius 1 is 0.221 bits per heavy atom. The van der Waals surface area contributed by atoms with Crippen LogP contribution >= 0.6 is 0 Å². The highest BCUT2D eigenvalue weighted by atomic mass is 16.5. The number of para-hydroxylation sites is 8. The molecule has 0 amide bonds. The van der Waals surface area contributed by atoms with Gasteiger partial charge in [0, 0.05) is 109 Å². The van der Waals surface area contributed by atoms with Crippen LogP contribution in [0.25, 0.3) is 0 Å². The van der Waals surface area contributed by atoms with Crippen molar-refractivity contribution in [2.45, 2.75) is 0 Å². The van der Waals surface area contributed by atoms with Gasteiger partial charge in [-0.15, -0.1) is 0 Å². The maximum atomic E-state index is 6.72. The van der Waals surface area contributed by atoms with Crippen molar-refractivity contribution in [3.05, 3.63) is 267 Å². The van der Waals surface area contributed by atoms with E-state index in [-0.39, 0.29) is 0 Å². The second-order valence-corrected chi connectivity index (χ2v) is 22.5. The summed E-state index contributed by atoms with van der Waals surface area (Å²) in [7, 11) is 8.33. The van der Waals surface area contributed by atoms with Crippen molar-refractivity contribution in [3.8, 4) is 23.0 Å². The molecule has 0 radical (unpaired) electrons. The predicted molar refractivity (Wildman–Crippen MR) is 356 cm³/mol. The Morgan fingerprint density at radius 2 is 0.430 bits per heavy atom. The van der Waals surface area contributed by atoms with Crippen LogP contribution in [0.3, 0.4) is 0 Å². The summed E-state index contributed by atoms with van der Waals surface area (Å²) in [5, 5.41) is 0. The largest absolute Gasteiger partial charge is 0.457 e. The second kappa shape index (κ2) is 21.6. The first-order chi connectivity index (χ1) is 42.2. The number of anilines is 18. The Hall–Kier alpha value is -11.0. The lowest BCUT2D eigenvalue weighted by Crippen LogP contribution is -2.25. The van der Waals surface area contributed by atoms with Crippen LogP contribution in [0.2, 0.25) is 0 Å². The fourth-order valence-corrected chi connectivity index (χ4v) is 12.4. The number of hydrogen-bond acceptors (Lipinski definition) is 12. The van der Waals surface area contributed by atoms with Crippen molar-refractivity contribution in [1.29, 1.82) is 0 Å². The van der Waals surface area contributed by atoms with Gasteiger partial charge >= 0.3 is 0 Å². The van der Waals surface area contributed by atoms with Crippen molar-refractivity contribution in [1.82, 2.24) is 0 Å². The number of benzene rings is 11. The highest BCUT2D eigenvalue weighted by molar-refractivity contribution is 5.92. The Kier molecular flexibility index (Phi) is 13.1.